The maximum absolute atomic E-state index is 9.78. The van der Waals surface area contributed by atoms with Crippen LogP contribution in [-0.2, 0) is 0 Å². The number of hydrogen-bond acceptors (Lipinski definition) is 1. The van der Waals surface area contributed by atoms with Gasteiger partial charge in [0.15, 0.2) is 0 Å². The van der Waals surface area contributed by atoms with Gasteiger partial charge in [-0.15, -0.1) is 6.58 Å². The zero-order chi connectivity index (χ0) is 9.73. The normalized spacial score (nSPS) is 21.1. The molecule has 76 valence electrons. The molecule has 1 N–H and O–H groups in total. The van der Waals surface area contributed by atoms with Crippen LogP contribution in [0, 0.1) is 5.41 Å². The van der Waals surface area contributed by atoms with Crippen molar-refractivity contribution >= 4 is 0 Å². The highest BCUT2D eigenvalue weighted by molar-refractivity contribution is 4.94. The van der Waals surface area contributed by atoms with E-state index >= 15 is 0 Å². The Labute approximate surface area is 81.9 Å². The van der Waals surface area contributed by atoms with E-state index in [-0.39, 0.29) is 6.10 Å². The third-order valence-corrected chi connectivity index (χ3v) is 3.23. The van der Waals surface area contributed by atoms with Gasteiger partial charge in [-0.2, -0.15) is 0 Å². The van der Waals surface area contributed by atoms with Crippen LogP contribution in [0.25, 0.3) is 0 Å². The second-order valence-corrected chi connectivity index (χ2v) is 4.60. The first kappa shape index (κ1) is 10.8. The van der Waals surface area contributed by atoms with Crippen LogP contribution in [0.1, 0.15) is 51.9 Å². The average molecular weight is 182 g/mol. The summed E-state index contributed by atoms with van der Waals surface area (Å²) < 4.78 is 0. The van der Waals surface area contributed by atoms with E-state index in [4.69, 9.17) is 0 Å². The van der Waals surface area contributed by atoms with Crippen LogP contribution in [0.4, 0.5) is 0 Å². The Morgan fingerprint density at radius 2 is 2.08 bits per heavy atom. The van der Waals surface area contributed by atoms with Gasteiger partial charge < -0.3 is 5.11 Å². The average Bonchev–Trinajstić information content (AvgIpc) is 2.84. The Bertz CT molecular complexity index is 159. The molecule has 1 aliphatic rings. The van der Waals surface area contributed by atoms with Gasteiger partial charge in [0.05, 0.1) is 6.10 Å². The van der Waals surface area contributed by atoms with Gasteiger partial charge in [0, 0.05) is 0 Å². The van der Waals surface area contributed by atoms with E-state index in [1.807, 2.05) is 6.08 Å². The van der Waals surface area contributed by atoms with E-state index < -0.39 is 0 Å². The summed E-state index contributed by atoms with van der Waals surface area (Å²) in [7, 11) is 0. The number of allylic oxidation sites excluding steroid dienone is 1. The van der Waals surface area contributed by atoms with E-state index in [1.54, 1.807) is 0 Å². The second kappa shape index (κ2) is 4.80. The highest BCUT2D eigenvalue weighted by Gasteiger charge is 2.43. The van der Waals surface area contributed by atoms with Crippen molar-refractivity contribution in [3.8, 4) is 0 Å². The minimum Gasteiger partial charge on any atom is -0.393 e. The molecule has 0 aromatic carbocycles. The fourth-order valence-corrected chi connectivity index (χ4v) is 1.68. The zero-order valence-electron chi connectivity index (χ0n) is 8.76. The van der Waals surface area contributed by atoms with Crippen LogP contribution in [-0.4, -0.2) is 11.2 Å². The van der Waals surface area contributed by atoms with E-state index in [2.05, 4.69) is 13.5 Å². The Morgan fingerprint density at radius 3 is 2.62 bits per heavy atom. The fraction of sp³-hybridized carbons (Fsp3) is 0.833. The van der Waals surface area contributed by atoms with E-state index in [9.17, 15) is 5.11 Å². The Morgan fingerprint density at radius 1 is 1.38 bits per heavy atom. The van der Waals surface area contributed by atoms with Gasteiger partial charge in [0.25, 0.3) is 0 Å². The lowest BCUT2D eigenvalue weighted by Crippen LogP contribution is -2.18. The molecular weight excluding hydrogens is 160 g/mol. The minimum atomic E-state index is -0.0452. The topological polar surface area (TPSA) is 20.2 Å². The third-order valence-electron chi connectivity index (χ3n) is 3.23. The summed E-state index contributed by atoms with van der Waals surface area (Å²) >= 11 is 0. The standard InChI is InChI=1S/C12H22O/c1-3-4-5-6-7-8-11(13)12(2)9-10-12/h3,11,13H,1,4-10H2,2H3. The van der Waals surface area contributed by atoms with Crippen molar-refractivity contribution in [3.63, 3.8) is 0 Å². The molecular formula is C12H22O. The van der Waals surface area contributed by atoms with Crippen LogP contribution >= 0.6 is 0 Å². The first-order valence-corrected chi connectivity index (χ1v) is 5.48. The SMILES string of the molecule is C=CCCCCCC(O)C1(C)CC1. The molecule has 0 radical (unpaired) electrons. The fourth-order valence-electron chi connectivity index (χ4n) is 1.68. The van der Waals surface area contributed by atoms with Crippen molar-refractivity contribution in [2.75, 3.05) is 0 Å². The summed E-state index contributed by atoms with van der Waals surface area (Å²) in [5.41, 5.74) is 0.290. The molecule has 0 heterocycles. The molecule has 1 saturated carbocycles. The number of aliphatic hydroxyl groups is 1. The van der Waals surface area contributed by atoms with Crippen LogP contribution in [0.3, 0.4) is 0 Å². The molecule has 0 amide bonds. The Balaban J connectivity index is 1.96. The smallest absolute Gasteiger partial charge is 0.0593 e. The van der Waals surface area contributed by atoms with Gasteiger partial charge in [-0.1, -0.05) is 25.8 Å². The number of hydrogen-bond donors (Lipinski definition) is 1. The molecule has 1 fully saturated rings. The Hall–Kier alpha value is -0.300. The molecule has 0 saturated heterocycles. The molecule has 0 aromatic heterocycles. The highest BCUT2D eigenvalue weighted by atomic mass is 16.3. The van der Waals surface area contributed by atoms with Crippen molar-refractivity contribution in [1.29, 1.82) is 0 Å². The molecule has 0 aliphatic heterocycles. The molecule has 0 bridgehead atoms. The van der Waals surface area contributed by atoms with Crippen molar-refractivity contribution in [2.24, 2.45) is 5.41 Å². The largest absolute Gasteiger partial charge is 0.393 e. The van der Waals surface area contributed by atoms with Gasteiger partial charge >= 0.3 is 0 Å². The summed E-state index contributed by atoms with van der Waals surface area (Å²) in [5, 5.41) is 9.78. The number of rotatable bonds is 7. The van der Waals surface area contributed by atoms with Crippen LogP contribution in [0.2, 0.25) is 0 Å². The summed E-state index contributed by atoms with van der Waals surface area (Å²) in [4.78, 5) is 0. The molecule has 13 heavy (non-hydrogen) atoms. The first-order chi connectivity index (χ1) is 6.19. The second-order valence-electron chi connectivity index (χ2n) is 4.60. The van der Waals surface area contributed by atoms with Crippen LogP contribution in [0.5, 0.6) is 0 Å². The van der Waals surface area contributed by atoms with Crippen molar-refractivity contribution in [2.45, 2.75) is 58.0 Å². The third kappa shape index (κ3) is 3.51. The zero-order valence-corrected chi connectivity index (χ0v) is 8.76. The van der Waals surface area contributed by atoms with Gasteiger partial charge in [0.2, 0.25) is 0 Å². The summed E-state index contributed by atoms with van der Waals surface area (Å²) in [6, 6.07) is 0. The minimum absolute atomic E-state index is 0.0452. The summed E-state index contributed by atoms with van der Waals surface area (Å²) in [6.45, 7) is 5.89. The molecule has 1 atom stereocenters. The van der Waals surface area contributed by atoms with Crippen LogP contribution in [0.15, 0.2) is 12.7 Å². The molecule has 1 rings (SSSR count). The van der Waals surface area contributed by atoms with Gasteiger partial charge in [-0.3, -0.25) is 0 Å². The van der Waals surface area contributed by atoms with Crippen molar-refractivity contribution < 1.29 is 5.11 Å². The lowest BCUT2D eigenvalue weighted by Gasteiger charge is -2.16. The summed E-state index contributed by atoms with van der Waals surface area (Å²) in [5.74, 6) is 0. The Kier molecular flexibility index (Phi) is 3.98. The maximum atomic E-state index is 9.78. The molecule has 1 unspecified atom stereocenters. The monoisotopic (exact) mass is 182 g/mol. The molecule has 1 aliphatic carbocycles. The first-order valence-electron chi connectivity index (χ1n) is 5.48. The van der Waals surface area contributed by atoms with Gasteiger partial charge in [0.1, 0.15) is 0 Å². The molecule has 0 spiro atoms. The van der Waals surface area contributed by atoms with Gasteiger partial charge in [-0.25, -0.2) is 0 Å². The molecule has 0 aromatic rings. The lowest BCUT2D eigenvalue weighted by atomic mass is 9.96. The molecule has 1 nitrogen and oxygen atoms in total. The maximum Gasteiger partial charge on any atom is 0.0593 e. The predicted molar refractivity (Wildman–Crippen MR) is 56.6 cm³/mol. The highest BCUT2D eigenvalue weighted by Crippen LogP contribution is 2.49. The van der Waals surface area contributed by atoms with E-state index in [1.165, 1.54) is 32.1 Å². The number of unbranched alkanes of at least 4 members (excludes halogenated alkanes) is 3. The van der Waals surface area contributed by atoms with E-state index in [0.29, 0.717) is 5.41 Å². The van der Waals surface area contributed by atoms with Crippen molar-refractivity contribution in [1.82, 2.24) is 0 Å². The van der Waals surface area contributed by atoms with Crippen LogP contribution < -0.4 is 0 Å². The van der Waals surface area contributed by atoms with Gasteiger partial charge in [-0.05, 0) is 37.5 Å². The van der Waals surface area contributed by atoms with E-state index in [0.717, 1.165) is 12.8 Å². The quantitative estimate of drug-likeness (QED) is 0.473. The predicted octanol–water partition coefficient (Wildman–Crippen LogP) is 3.28. The summed E-state index contributed by atoms with van der Waals surface area (Å²) in [6.07, 6.45) is 10.1. The van der Waals surface area contributed by atoms with Crippen molar-refractivity contribution in [3.05, 3.63) is 12.7 Å². The molecule has 1 heteroatoms. The lowest BCUT2D eigenvalue weighted by molar-refractivity contribution is 0.0914. The number of aliphatic hydroxyl groups excluding tert-OH is 1.